The largest absolute Gasteiger partial charge is 0.496 e. The van der Waals surface area contributed by atoms with Gasteiger partial charge in [-0.15, -0.1) is 0 Å². The van der Waals surface area contributed by atoms with Gasteiger partial charge in [0.1, 0.15) is 5.75 Å². The Hall–Kier alpha value is -3.57. The zero-order chi connectivity index (χ0) is 24.2. The number of fused-ring (bicyclic) bond motifs is 3. The number of methoxy groups -OCH3 is 2. The normalized spacial score (nSPS) is 27.5. The SMILES string of the molecule is COc1cc2c(cc1O[C@H]1OC[C@@H]3[C@@H](c4cc5c(cc4OC)OCO5)OC[C@]13OC(C)=O)OCO2. The number of ether oxygens (including phenoxy) is 10. The maximum atomic E-state index is 12.2. The van der Waals surface area contributed by atoms with Gasteiger partial charge in [-0.25, -0.2) is 0 Å². The summed E-state index contributed by atoms with van der Waals surface area (Å²) in [5, 5.41) is 0. The van der Waals surface area contributed by atoms with Crippen molar-refractivity contribution in [3.05, 3.63) is 29.8 Å². The molecule has 0 N–H and O–H groups in total. The van der Waals surface area contributed by atoms with Crippen molar-refractivity contribution in [3.8, 4) is 40.2 Å². The first-order valence-corrected chi connectivity index (χ1v) is 11.1. The van der Waals surface area contributed by atoms with E-state index in [9.17, 15) is 4.79 Å². The van der Waals surface area contributed by atoms with Gasteiger partial charge < -0.3 is 47.4 Å². The summed E-state index contributed by atoms with van der Waals surface area (Å²) in [6.07, 6.45) is -1.47. The number of esters is 1. The van der Waals surface area contributed by atoms with E-state index in [1.807, 2.05) is 6.07 Å². The third kappa shape index (κ3) is 3.45. The molecule has 0 amide bonds. The van der Waals surface area contributed by atoms with Gasteiger partial charge in [0.2, 0.25) is 25.5 Å². The van der Waals surface area contributed by atoms with Gasteiger partial charge in [0.05, 0.1) is 39.5 Å². The molecular weight excluding hydrogens is 464 g/mol. The molecule has 6 rings (SSSR count). The number of rotatable bonds is 6. The van der Waals surface area contributed by atoms with E-state index in [1.54, 1.807) is 25.3 Å². The Balaban J connectivity index is 1.34. The Morgan fingerprint density at radius 3 is 2.09 bits per heavy atom. The first-order chi connectivity index (χ1) is 17.0. The molecule has 4 heterocycles. The van der Waals surface area contributed by atoms with Gasteiger partial charge in [0, 0.05) is 30.7 Å². The lowest BCUT2D eigenvalue weighted by Crippen LogP contribution is -2.50. The summed E-state index contributed by atoms with van der Waals surface area (Å²) in [4.78, 5) is 12.2. The van der Waals surface area contributed by atoms with Crippen molar-refractivity contribution in [2.45, 2.75) is 24.9 Å². The van der Waals surface area contributed by atoms with E-state index in [1.165, 1.54) is 14.0 Å². The third-order valence-electron chi connectivity index (χ3n) is 6.57. The van der Waals surface area contributed by atoms with Gasteiger partial charge in [-0.2, -0.15) is 0 Å². The van der Waals surface area contributed by atoms with Crippen molar-refractivity contribution >= 4 is 5.97 Å². The van der Waals surface area contributed by atoms with E-state index < -0.39 is 24.0 Å². The third-order valence-corrected chi connectivity index (χ3v) is 6.57. The quantitative estimate of drug-likeness (QED) is 0.560. The molecule has 4 aliphatic rings. The van der Waals surface area contributed by atoms with Crippen LogP contribution in [0.2, 0.25) is 0 Å². The Labute approximate surface area is 200 Å². The van der Waals surface area contributed by atoms with Crippen LogP contribution in [0.15, 0.2) is 24.3 Å². The molecule has 0 aliphatic carbocycles. The second-order valence-corrected chi connectivity index (χ2v) is 8.47. The van der Waals surface area contributed by atoms with Crippen LogP contribution in [0.5, 0.6) is 40.2 Å². The van der Waals surface area contributed by atoms with Crippen LogP contribution in [0.1, 0.15) is 18.6 Å². The fraction of sp³-hybridized carbons (Fsp3) is 0.458. The van der Waals surface area contributed by atoms with Gasteiger partial charge >= 0.3 is 5.97 Å². The maximum Gasteiger partial charge on any atom is 0.303 e. The van der Waals surface area contributed by atoms with Crippen molar-refractivity contribution in [2.75, 3.05) is 41.0 Å². The molecule has 0 radical (unpaired) electrons. The van der Waals surface area contributed by atoms with Crippen LogP contribution in [0.4, 0.5) is 0 Å². The van der Waals surface area contributed by atoms with Crippen LogP contribution in [0.25, 0.3) is 0 Å². The Morgan fingerprint density at radius 2 is 1.46 bits per heavy atom. The van der Waals surface area contributed by atoms with Gasteiger partial charge in [0.25, 0.3) is 0 Å². The predicted molar refractivity (Wildman–Crippen MR) is 115 cm³/mol. The van der Waals surface area contributed by atoms with Crippen LogP contribution in [-0.2, 0) is 19.0 Å². The Bertz CT molecular complexity index is 1160. The lowest BCUT2D eigenvalue weighted by atomic mass is 9.85. The zero-order valence-corrected chi connectivity index (χ0v) is 19.4. The molecular formula is C24H24O11. The minimum Gasteiger partial charge on any atom is -0.496 e. The second-order valence-electron chi connectivity index (χ2n) is 8.47. The number of carbonyl (C=O) groups excluding carboxylic acids is 1. The average Bonchev–Trinajstić information content (AvgIpc) is 3.62. The van der Waals surface area contributed by atoms with E-state index in [0.717, 1.165) is 5.56 Å². The molecule has 35 heavy (non-hydrogen) atoms. The molecule has 0 bridgehead atoms. The molecule has 11 heteroatoms. The molecule has 0 saturated carbocycles. The first-order valence-electron chi connectivity index (χ1n) is 11.1. The van der Waals surface area contributed by atoms with Crippen LogP contribution >= 0.6 is 0 Å². The smallest absolute Gasteiger partial charge is 0.303 e. The van der Waals surface area contributed by atoms with Crippen molar-refractivity contribution in [1.29, 1.82) is 0 Å². The molecule has 2 saturated heterocycles. The molecule has 0 aromatic heterocycles. The highest BCUT2D eigenvalue weighted by molar-refractivity contribution is 5.67. The van der Waals surface area contributed by atoms with E-state index in [-0.39, 0.29) is 32.7 Å². The molecule has 4 atom stereocenters. The Kier molecular flexibility index (Phi) is 5.19. The summed E-state index contributed by atoms with van der Waals surface area (Å²) >= 11 is 0. The summed E-state index contributed by atoms with van der Waals surface area (Å²) in [5.74, 6) is 2.74. The maximum absolute atomic E-state index is 12.2. The highest BCUT2D eigenvalue weighted by Crippen LogP contribution is 2.54. The monoisotopic (exact) mass is 488 g/mol. The fourth-order valence-corrected chi connectivity index (χ4v) is 4.97. The highest BCUT2D eigenvalue weighted by Gasteiger charge is 2.64. The number of benzene rings is 2. The topological polar surface area (TPSA) is 109 Å². The molecule has 11 nitrogen and oxygen atoms in total. The van der Waals surface area contributed by atoms with E-state index in [4.69, 9.17) is 47.4 Å². The predicted octanol–water partition coefficient (Wildman–Crippen LogP) is 2.59. The van der Waals surface area contributed by atoms with Crippen LogP contribution in [0.3, 0.4) is 0 Å². The molecule has 2 aromatic carbocycles. The van der Waals surface area contributed by atoms with Crippen LogP contribution in [0, 0.1) is 5.92 Å². The lowest BCUT2D eigenvalue weighted by Gasteiger charge is -2.32. The van der Waals surface area contributed by atoms with E-state index in [0.29, 0.717) is 40.2 Å². The van der Waals surface area contributed by atoms with Crippen molar-refractivity contribution in [1.82, 2.24) is 0 Å². The molecule has 0 unspecified atom stereocenters. The summed E-state index contributed by atoms with van der Waals surface area (Å²) in [5.41, 5.74) is -0.472. The average molecular weight is 488 g/mol. The highest BCUT2D eigenvalue weighted by atomic mass is 16.7. The molecule has 2 aromatic rings. The fourth-order valence-electron chi connectivity index (χ4n) is 4.97. The van der Waals surface area contributed by atoms with Crippen molar-refractivity contribution in [3.63, 3.8) is 0 Å². The van der Waals surface area contributed by atoms with E-state index in [2.05, 4.69) is 0 Å². The van der Waals surface area contributed by atoms with Gasteiger partial charge in [0.15, 0.2) is 34.5 Å². The summed E-state index contributed by atoms with van der Waals surface area (Å²) < 4.78 is 57.4. The Morgan fingerprint density at radius 1 is 0.857 bits per heavy atom. The van der Waals surface area contributed by atoms with Gasteiger partial charge in [-0.05, 0) is 6.07 Å². The molecule has 186 valence electrons. The first kappa shape index (κ1) is 21.9. The minimum atomic E-state index is -1.21. The summed E-state index contributed by atoms with van der Waals surface area (Å²) in [6.45, 7) is 1.85. The van der Waals surface area contributed by atoms with Crippen molar-refractivity contribution < 1.29 is 52.2 Å². The number of carbonyl (C=O) groups is 1. The molecule has 0 spiro atoms. The standard InChI is InChI=1S/C24H24O11/c1-12(25)35-24-9-29-22(13-4-17-18(31-10-30-17)5-15(13)26-2)14(24)8-28-23(24)34-21-7-20-19(32-11-33-20)6-16(21)27-3/h4-7,14,22-23H,8-11H2,1-3H3/t14-,22-,23-,24-/m1/s1. The van der Waals surface area contributed by atoms with Crippen LogP contribution < -0.4 is 33.2 Å². The summed E-state index contributed by atoms with van der Waals surface area (Å²) in [7, 11) is 3.09. The number of hydrogen-bond donors (Lipinski definition) is 0. The van der Waals surface area contributed by atoms with Gasteiger partial charge in [-0.3, -0.25) is 4.79 Å². The van der Waals surface area contributed by atoms with Crippen LogP contribution in [-0.4, -0.2) is 58.9 Å². The van der Waals surface area contributed by atoms with E-state index >= 15 is 0 Å². The summed E-state index contributed by atoms with van der Waals surface area (Å²) in [6, 6.07) is 6.92. The minimum absolute atomic E-state index is 0.0526. The molecule has 4 aliphatic heterocycles. The lowest BCUT2D eigenvalue weighted by molar-refractivity contribution is -0.191. The number of hydrogen-bond acceptors (Lipinski definition) is 11. The van der Waals surface area contributed by atoms with Crippen molar-refractivity contribution in [2.24, 2.45) is 5.92 Å². The second kappa shape index (κ2) is 8.28. The molecule has 2 fully saturated rings. The zero-order valence-electron chi connectivity index (χ0n) is 19.4. The van der Waals surface area contributed by atoms with Gasteiger partial charge in [-0.1, -0.05) is 0 Å².